The van der Waals surface area contributed by atoms with E-state index in [0.717, 1.165) is 17.7 Å². The van der Waals surface area contributed by atoms with Gasteiger partial charge in [-0.05, 0) is 44.4 Å². The maximum Gasteiger partial charge on any atom is 0.0682 e. The minimum absolute atomic E-state index is 0.358. The maximum atomic E-state index is 4.34. The van der Waals surface area contributed by atoms with Crippen molar-refractivity contribution in [3.63, 3.8) is 0 Å². The smallest absolute Gasteiger partial charge is 0.0682 e. The number of hydrogen-bond donors (Lipinski definition) is 0. The fourth-order valence-corrected chi connectivity index (χ4v) is 1.77. The molecule has 2 heteroatoms. The monoisotopic (exact) mass is 230 g/mol. The first-order valence-electron chi connectivity index (χ1n) is 6.16. The molecule has 0 aromatic carbocycles. The standard InChI is InChI=1S/C15H22N2/c1-6-8-9-14(7-2)13(5)15-10-11-16-17(15)12(3)4/h6,8-12H,5,7H2,1-4H3/b8-6-,14-9-. The lowest BCUT2D eigenvalue weighted by Crippen LogP contribution is -2.07. The van der Waals surface area contributed by atoms with Crippen LogP contribution in [0.3, 0.4) is 0 Å². The van der Waals surface area contributed by atoms with Crippen LogP contribution in [0.2, 0.25) is 0 Å². The third kappa shape index (κ3) is 3.19. The lowest BCUT2D eigenvalue weighted by molar-refractivity contribution is 0.527. The Labute approximate surface area is 104 Å². The molecule has 1 aromatic heterocycles. The Kier molecular flexibility index (Phi) is 4.95. The first-order chi connectivity index (χ1) is 8.11. The second kappa shape index (κ2) is 6.24. The van der Waals surface area contributed by atoms with E-state index in [-0.39, 0.29) is 0 Å². The molecule has 0 saturated carbocycles. The zero-order valence-corrected chi connectivity index (χ0v) is 11.3. The highest BCUT2D eigenvalue weighted by Gasteiger charge is 2.11. The van der Waals surface area contributed by atoms with Crippen molar-refractivity contribution in [1.82, 2.24) is 9.78 Å². The molecule has 1 heterocycles. The minimum Gasteiger partial charge on any atom is -0.262 e. The molecule has 0 unspecified atom stereocenters. The molecule has 0 aliphatic rings. The summed E-state index contributed by atoms with van der Waals surface area (Å²) in [5.41, 5.74) is 3.43. The molecule has 17 heavy (non-hydrogen) atoms. The van der Waals surface area contributed by atoms with Crippen LogP contribution >= 0.6 is 0 Å². The van der Waals surface area contributed by atoms with Crippen molar-refractivity contribution in [1.29, 1.82) is 0 Å². The van der Waals surface area contributed by atoms with Gasteiger partial charge in [0.05, 0.1) is 5.69 Å². The van der Waals surface area contributed by atoms with E-state index in [1.807, 2.05) is 29.9 Å². The van der Waals surface area contributed by atoms with E-state index in [4.69, 9.17) is 0 Å². The van der Waals surface area contributed by atoms with Crippen molar-refractivity contribution in [2.24, 2.45) is 0 Å². The van der Waals surface area contributed by atoms with Crippen molar-refractivity contribution in [3.8, 4) is 0 Å². The summed E-state index contributed by atoms with van der Waals surface area (Å²) in [6.45, 7) is 12.6. The van der Waals surface area contributed by atoms with Crippen LogP contribution in [0.1, 0.15) is 45.9 Å². The Morgan fingerprint density at radius 3 is 2.76 bits per heavy atom. The lowest BCUT2D eigenvalue weighted by Gasteiger charge is -2.14. The van der Waals surface area contributed by atoms with Gasteiger partial charge in [0, 0.05) is 12.2 Å². The molecule has 0 aliphatic heterocycles. The predicted molar refractivity (Wildman–Crippen MR) is 74.8 cm³/mol. The number of nitrogens with zero attached hydrogens (tertiary/aromatic N) is 2. The van der Waals surface area contributed by atoms with E-state index in [2.05, 4.69) is 44.6 Å². The Bertz CT molecular complexity index is 434. The van der Waals surface area contributed by atoms with Crippen LogP contribution in [-0.4, -0.2) is 9.78 Å². The van der Waals surface area contributed by atoms with Crippen molar-refractivity contribution < 1.29 is 0 Å². The van der Waals surface area contributed by atoms with Gasteiger partial charge in [0.2, 0.25) is 0 Å². The molecule has 0 saturated heterocycles. The molecule has 0 aliphatic carbocycles. The zero-order valence-electron chi connectivity index (χ0n) is 11.3. The van der Waals surface area contributed by atoms with Gasteiger partial charge in [-0.15, -0.1) is 0 Å². The van der Waals surface area contributed by atoms with Crippen LogP contribution in [0.5, 0.6) is 0 Å². The Morgan fingerprint density at radius 1 is 1.53 bits per heavy atom. The topological polar surface area (TPSA) is 17.8 Å². The predicted octanol–water partition coefficient (Wildman–Crippen LogP) is 4.39. The summed E-state index contributed by atoms with van der Waals surface area (Å²) < 4.78 is 2.02. The fraction of sp³-hybridized carbons (Fsp3) is 0.400. The Hall–Kier alpha value is -1.57. The molecule has 0 spiro atoms. The summed E-state index contributed by atoms with van der Waals surface area (Å²) >= 11 is 0. The number of hydrogen-bond acceptors (Lipinski definition) is 1. The maximum absolute atomic E-state index is 4.34. The fourth-order valence-electron chi connectivity index (χ4n) is 1.77. The van der Waals surface area contributed by atoms with Gasteiger partial charge in [-0.25, -0.2) is 0 Å². The Balaban J connectivity index is 3.06. The number of aromatic nitrogens is 2. The molecule has 0 fully saturated rings. The summed E-state index contributed by atoms with van der Waals surface area (Å²) in [4.78, 5) is 0. The van der Waals surface area contributed by atoms with Crippen molar-refractivity contribution >= 4 is 5.57 Å². The van der Waals surface area contributed by atoms with Gasteiger partial charge in [0.1, 0.15) is 0 Å². The van der Waals surface area contributed by atoms with Gasteiger partial charge in [0.25, 0.3) is 0 Å². The van der Waals surface area contributed by atoms with Crippen LogP contribution < -0.4 is 0 Å². The van der Waals surface area contributed by atoms with Crippen LogP contribution in [0.15, 0.2) is 42.6 Å². The van der Waals surface area contributed by atoms with Crippen LogP contribution in [-0.2, 0) is 0 Å². The largest absolute Gasteiger partial charge is 0.262 e. The Morgan fingerprint density at radius 2 is 2.24 bits per heavy atom. The molecule has 0 bridgehead atoms. The van der Waals surface area contributed by atoms with E-state index in [1.165, 1.54) is 5.57 Å². The first kappa shape index (κ1) is 13.5. The second-order valence-corrected chi connectivity index (χ2v) is 4.30. The highest BCUT2D eigenvalue weighted by Crippen LogP contribution is 2.25. The third-order valence-corrected chi connectivity index (χ3v) is 2.73. The van der Waals surface area contributed by atoms with Crippen molar-refractivity contribution in [2.75, 3.05) is 0 Å². The summed E-state index contributed by atoms with van der Waals surface area (Å²) in [5, 5.41) is 4.34. The van der Waals surface area contributed by atoms with Crippen LogP contribution in [0.25, 0.3) is 5.57 Å². The highest BCUT2D eigenvalue weighted by atomic mass is 15.3. The zero-order chi connectivity index (χ0) is 12.8. The highest BCUT2D eigenvalue weighted by molar-refractivity contribution is 5.75. The van der Waals surface area contributed by atoms with Gasteiger partial charge in [-0.3, -0.25) is 4.68 Å². The average Bonchev–Trinajstić information content (AvgIpc) is 2.78. The minimum atomic E-state index is 0.358. The van der Waals surface area contributed by atoms with E-state index in [1.54, 1.807) is 0 Å². The van der Waals surface area contributed by atoms with Gasteiger partial charge in [0.15, 0.2) is 0 Å². The molecule has 0 N–H and O–H groups in total. The van der Waals surface area contributed by atoms with E-state index in [0.29, 0.717) is 6.04 Å². The van der Waals surface area contributed by atoms with Crippen molar-refractivity contribution in [2.45, 2.75) is 40.2 Å². The van der Waals surface area contributed by atoms with Crippen LogP contribution in [0.4, 0.5) is 0 Å². The number of rotatable bonds is 5. The second-order valence-electron chi connectivity index (χ2n) is 4.30. The normalized spacial score (nSPS) is 12.6. The van der Waals surface area contributed by atoms with Gasteiger partial charge in [-0.2, -0.15) is 5.10 Å². The summed E-state index contributed by atoms with van der Waals surface area (Å²) in [6.07, 6.45) is 9.03. The first-order valence-corrected chi connectivity index (χ1v) is 6.16. The summed E-state index contributed by atoms with van der Waals surface area (Å²) in [6, 6.07) is 2.39. The van der Waals surface area contributed by atoms with Crippen molar-refractivity contribution in [3.05, 3.63) is 48.3 Å². The van der Waals surface area contributed by atoms with E-state index in [9.17, 15) is 0 Å². The van der Waals surface area contributed by atoms with Gasteiger partial charge >= 0.3 is 0 Å². The third-order valence-electron chi connectivity index (χ3n) is 2.73. The number of allylic oxidation sites excluding steroid dienone is 5. The average molecular weight is 230 g/mol. The van der Waals surface area contributed by atoms with E-state index < -0.39 is 0 Å². The molecule has 1 rings (SSSR count). The molecular formula is C15H22N2. The van der Waals surface area contributed by atoms with Gasteiger partial charge < -0.3 is 0 Å². The summed E-state index contributed by atoms with van der Waals surface area (Å²) in [5.74, 6) is 0. The molecule has 1 aromatic rings. The molecule has 0 amide bonds. The molecule has 92 valence electrons. The lowest BCUT2D eigenvalue weighted by atomic mass is 10.0. The molecular weight excluding hydrogens is 208 g/mol. The quantitative estimate of drug-likeness (QED) is 0.686. The van der Waals surface area contributed by atoms with Crippen LogP contribution in [0, 0.1) is 0 Å². The van der Waals surface area contributed by atoms with E-state index >= 15 is 0 Å². The molecule has 2 nitrogen and oxygen atoms in total. The molecule has 0 radical (unpaired) electrons. The molecule has 0 atom stereocenters. The SMILES string of the molecule is C=C(/C(=C\C=C/C)CC)c1ccnn1C(C)C. The van der Waals surface area contributed by atoms with Gasteiger partial charge in [-0.1, -0.05) is 31.7 Å². The summed E-state index contributed by atoms with van der Waals surface area (Å²) in [7, 11) is 0.